The fourth-order valence-electron chi connectivity index (χ4n) is 3.24. The first kappa shape index (κ1) is 16.3. The van der Waals surface area contributed by atoms with Gasteiger partial charge in [0.25, 0.3) is 5.91 Å². The summed E-state index contributed by atoms with van der Waals surface area (Å²) < 4.78 is 14.0. The number of carbonyl (C=O) groups is 1. The number of benzene rings is 1. The number of amides is 1. The zero-order valence-corrected chi connectivity index (χ0v) is 13.5. The number of aromatic nitrogens is 2. The largest absolute Gasteiger partial charge is 0.289 e. The zero-order valence-electron chi connectivity index (χ0n) is 13.5. The van der Waals surface area contributed by atoms with E-state index < -0.39 is 11.3 Å². The van der Waals surface area contributed by atoms with Gasteiger partial charge in [-0.3, -0.25) is 20.0 Å². The zero-order chi connectivity index (χ0) is 17.3. The van der Waals surface area contributed by atoms with Gasteiger partial charge in [0, 0.05) is 6.20 Å². The molecule has 2 N–H and O–H groups in total. The van der Waals surface area contributed by atoms with Crippen molar-refractivity contribution in [1.82, 2.24) is 15.4 Å². The molecule has 24 heavy (non-hydrogen) atoms. The summed E-state index contributed by atoms with van der Waals surface area (Å²) >= 11 is 0. The molecule has 0 aliphatic heterocycles. The SMILES string of the molecule is Cc1cnc(C2=C[C@@](C(=O)NO)(c3cccc(F)c3C)CC2)cn1. The van der Waals surface area contributed by atoms with Crippen molar-refractivity contribution in [3.8, 4) is 0 Å². The van der Waals surface area contributed by atoms with Crippen molar-refractivity contribution in [2.75, 3.05) is 0 Å². The van der Waals surface area contributed by atoms with Gasteiger partial charge >= 0.3 is 0 Å². The van der Waals surface area contributed by atoms with Crippen molar-refractivity contribution in [1.29, 1.82) is 0 Å². The predicted molar refractivity (Wildman–Crippen MR) is 86.7 cm³/mol. The molecule has 3 rings (SSSR count). The molecule has 0 spiro atoms. The topological polar surface area (TPSA) is 75.1 Å². The lowest BCUT2D eigenvalue weighted by molar-refractivity contribution is -0.133. The first-order valence-corrected chi connectivity index (χ1v) is 7.69. The first-order valence-electron chi connectivity index (χ1n) is 7.69. The Labute approximate surface area is 139 Å². The molecule has 1 aliphatic carbocycles. The van der Waals surface area contributed by atoms with Crippen molar-refractivity contribution in [2.45, 2.75) is 32.1 Å². The highest BCUT2D eigenvalue weighted by Gasteiger charge is 2.43. The maximum atomic E-state index is 14.0. The third-order valence-corrected chi connectivity index (χ3v) is 4.57. The molecule has 0 bridgehead atoms. The monoisotopic (exact) mass is 327 g/mol. The van der Waals surface area contributed by atoms with Crippen molar-refractivity contribution < 1.29 is 14.4 Å². The number of nitrogens with zero attached hydrogens (tertiary/aromatic N) is 2. The predicted octanol–water partition coefficient (Wildman–Crippen LogP) is 2.85. The number of carbonyl (C=O) groups excluding carboxylic acids is 1. The van der Waals surface area contributed by atoms with Gasteiger partial charge in [-0.25, -0.2) is 9.87 Å². The maximum absolute atomic E-state index is 14.0. The molecular formula is C18H18FN3O2. The molecule has 2 aromatic rings. The standard InChI is InChI=1S/C18H18FN3O2/c1-11-9-21-16(10-20-11)13-6-7-18(8-13,17(23)22-24)14-4-3-5-15(19)12(14)2/h3-5,8-10,24H,6-7H2,1-2H3,(H,22,23)/t18-/m1/s1. The Morgan fingerprint density at radius 2 is 2.08 bits per heavy atom. The highest BCUT2D eigenvalue weighted by Crippen LogP contribution is 2.44. The fraction of sp³-hybridized carbons (Fsp3) is 0.278. The summed E-state index contributed by atoms with van der Waals surface area (Å²) in [6.45, 7) is 3.48. The highest BCUT2D eigenvalue weighted by atomic mass is 19.1. The average Bonchev–Trinajstić information content (AvgIpc) is 3.03. The maximum Gasteiger partial charge on any atom is 0.257 e. The van der Waals surface area contributed by atoms with E-state index in [2.05, 4.69) is 9.97 Å². The number of allylic oxidation sites excluding steroid dienone is 1. The molecule has 0 radical (unpaired) electrons. The summed E-state index contributed by atoms with van der Waals surface area (Å²) in [4.78, 5) is 21.0. The van der Waals surface area contributed by atoms with E-state index in [-0.39, 0.29) is 5.82 Å². The lowest BCUT2D eigenvalue weighted by atomic mass is 9.77. The Hall–Kier alpha value is -2.60. The number of nitrogens with one attached hydrogen (secondary N) is 1. The van der Waals surface area contributed by atoms with Crippen LogP contribution in [0, 0.1) is 19.7 Å². The minimum Gasteiger partial charge on any atom is -0.289 e. The molecule has 5 nitrogen and oxygen atoms in total. The van der Waals surface area contributed by atoms with Crippen LogP contribution in [0.1, 0.15) is 35.4 Å². The van der Waals surface area contributed by atoms with Crippen LogP contribution in [0.4, 0.5) is 4.39 Å². The molecule has 0 saturated heterocycles. The van der Waals surface area contributed by atoms with Crippen LogP contribution in [0.5, 0.6) is 0 Å². The number of halogens is 1. The Bertz CT molecular complexity index is 818. The van der Waals surface area contributed by atoms with E-state index in [1.54, 1.807) is 43.0 Å². The molecule has 1 heterocycles. The van der Waals surface area contributed by atoms with E-state index in [0.717, 1.165) is 11.3 Å². The molecule has 1 amide bonds. The number of hydroxylamine groups is 1. The molecule has 0 saturated carbocycles. The molecule has 0 unspecified atom stereocenters. The highest BCUT2D eigenvalue weighted by molar-refractivity contribution is 5.94. The lowest BCUT2D eigenvalue weighted by Crippen LogP contribution is -2.41. The quantitative estimate of drug-likeness (QED) is 0.671. The Balaban J connectivity index is 2.13. The minimum atomic E-state index is -1.12. The van der Waals surface area contributed by atoms with Crippen LogP contribution in [0.15, 0.2) is 36.7 Å². The molecule has 124 valence electrons. The van der Waals surface area contributed by atoms with Gasteiger partial charge in [-0.05, 0) is 49.5 Å². The third-order valence-electron chi connectivity index (χ3n) is 4.57. The second-order valence-corrected chi connectivity index (χ2v) is 6.04. The number of hydrogen-bond donors (Lipinski definition) is 2. The van der Waals surface area contributed by atoms with Crippen LogP contribution in [0.2, 0.25) is 0 Å². The van der Waals surface area contributed by atoms with Crippen LogP contribution >= 0.6 is 0 Å². The second kappa shape index (κ2) is 6.13. The second-order valence-electron chi connectivity index (χ2n) is 6.04. The van der Waals surface area contributed by atoms with Crippen molar-refractivity contribution in [3.05, 3.63) is 65.0 Å². The van der Waals surface area contributed by atoms with Gasteiger partial charge in [0.05, 0.1) is 23.0 Å². The Morgan fingerprint density at radius 1 is 1.29 bits per heavy atom. The molecule has 1 atom stereocenters. The molecular weight excluding hydrogens is 309 g/mol. The van der Waals surface area contributed by atoms with E-state index in [9.17, 15) is 14.4 Å². The number of hydrogen-bond acceptors (Lipinski definition) is 4. The number of rotatable bonds is 3. The van der Waals surface area contributed by atoms with Gasteiger partial charge in [0.2, 0.25) is 0 Å². The lowest BCUT2D eigenvalue weighted by Gasteiger charge is -2.27. The van der Waals surface area contributed by atoms with Crippen LogP contribution in [0.25, 0.3) is 5.57 Å². The normalized spacial score (nSPS) is 19.9. The van der Waals surface area contributed by atoms with E-state index in [4.69, 9.17) is 0 Å². The summed E-state index contributed by atoms with van der Waals surface area (Å²) in [7, 11) is 0. The minimum absolute atomic E-state index is 0.380. The Kier molecular flexibility index (Phi) is 4.15. The molecule has 0 fully saturated rings. The van der Waals surface area contributed by atoms with Crippen LogP contribution in [-0.2, 0) is 10.2 Å². The summed E-state index contributed by atoms with van der Waals surface area (Å²) in [5, 5.41) is 9.22. The van der Waals surface area contributed by atoms with E-state index in [0.29, 0.717) is 29.7 Å². The van der Waals surface area contributed by atoms with Gasteiger partial charge in [0.15, 0.2) is 0 Å². The van der Waals surface area contributed by atoms with Gasteiger partial charge in [0.1, 0.15) is 5.82 Å². The average molecular weight is 327 g/mol. The van der Waals surface area contributed by atoms with Crippen molar-refractivity contribution in [3.63, 3.8) is 0 Å². The summed E-state index contributed by atoms with van der Waals surface area (Å²) in [6.07, 6.45) is 6.09. The summed E-state index contributed by atoms with van der Waals surface area (Å²) in [5.74, 6) is -0.958. The van der Waals surface area contributed by atoms with Gasteiger partial charge in [-0.1, -0.05) is 18.2 Å². The summed E-state index contributed by atoms with van der Waals surface area (Å²) in [6, 6.07) is 4.64. The van der Waals surface area contributed by atoms with Crippen LogP contribution < -0.4 is 5.48 Å². The number of aryl methyl sites for hydroxylation is 1. The third kappa shape index (κ3) is 2.59. The molecule has 1 aromatic heterocycles. The van der Waals surface area contributed by atoms with Gasteiger partial charge < -0.3 is 0 Å². The van der Waals surface area contributed by atoms with Crippen molar-refractivity contribution in [2.24, 2.45) is 0 Å². The molecule has 1 aromatic carbocycles. The smallest absolute Gasteiger partial charge is 0.257 e. The molecule has 1 aliphatic rings. The molecule has 6 heteroatoms. The van der Waals surface area contributed by atoms with Crippen LogP contribution in [-0.4, -0.2) is 21.1 Å². The van der Waals surface area contributed by atoms with E-state index >= 15 is 0 Å². The van der Waals surface area contributed by atoms with E-state index in [1.165, 1.54) is 6.07 Å². The van der Waals surface area contributed by atoms with Crippen LogP contribution in [0.3, 0.4) is 0 Å². The Morgan fingerprint density at radius 3 is 2.75 bits per heavy atom. The fourth-order valence-corrected chi connectivity index (χ4v) is 3.24. The van der Waals surface area contributed by atoms with Gasteiger partial charge in [-0.2, -0.15) is 0 Å². The van der Waals surface area contributed by atoms with E-state index in [1.807, 2.05) is 6.92 Å². The van der Waals surface area contributed by atoms with Crippen molar-refractivity contribution >= 4 is 11.5 Å². The summed E-state index contributed by atoms with van der Waals surface area (Å²) in [5.41, 5.74) is 3.89. The first-order chi connectivity index (χ1) is 11.5. The van der Waals surface area contributed by atoms with Gasteiger partial charge in [-0.15, -0.1) is 0 Å².